The molecular formula is C7H6BrIN2S. The Labute approximate surface area is 98.2 Å². The van der Waals surface area contributed by atoms with E-state index in [0.29, 0.717) is 0 Å². The zero-order chi connectivity index (χ0) is 9.14. The van der Waals surface area contributed by atoms with Crippen molar-refractivity contribution in [3.8, 4) is 0 Å². The SMILES string of the molecule is NC(=S)Nc1cc(I)ccc1Br. The predicted octanol–water partition coefficient (Wildman–Crippen LogP) is 2.71. The Morgan fingerprint density at radius 3 is 2.83 bits per heavy atom. The van der Waals surface area contributed by atoms with E-state index in [-0.39, 0.29) is 5.11 Å². The number of rotatable bonds is 1. The quantitative estimate of drug-likeness (QED) is 0.600. The van der Waals surface area contributed by atoms with Crippen molar-refractivity contribution >= 4 is 61.5 Å². The zero-order valence-electron chi connectivity index (χ0n) is 5.97. The van der Waals surface area contributed by atoms with Crippen LogP contribution in [0.5, 0.6) is 0 Å². The number of anilines is 1. The van der Waals surface area contributed by atoms with Gasteiger partial charge in [-0.15, -0.1) is 0 Å². The summed E-state index contributed by atoms with van der Waals surface area (Å²) in [4.78, 5) is 0. The second-order valence-corrected chi connectivity index (χ2v) is 4.65. The Morgan fingerprint density at radius 1 is 1.58 bits per heavy atom. The van der Waals surface area contributed by atoms with Crippen molar-refractivity contribution in [2.75, 3.05) is 5.32 Å². The average molecular weight is 357 g/mol. The van der Waals surface area contributed by atoms with Gasteiger partial charge in [0, 0.05) is 8.04 Å². The first-order chi connectivity index (χ1) is 5.59. The van der Waals surface area contributed by atoms with Crippen LogP contribution >= 0.6 is 50.7 Å². The van der Waals surface area contributed by atoms with Crippen LogP contribution in [0.2, 0.25) is 0 Å². The lowest BCUT2D eigenvalue weighted by Gasteiger charge is -2.06. The fourth-order valence-electron chi connectivity index (χ4n) is 0.726. The van der Waals surface area contributed by atoms with Gasteiger partial charge in [-0.05, 0) is 68.9 Å². The van der Waals surface area contributed by atoms with Crippen LogP contribution in [0.4, 0.5) is 5.69 Å². The third-order valence-corrected chi connectivity index (χ3v) is 2.65. The van der Waals surface area contributed by atoms with Crippen molar-refractivity contribution in [1.29, 1.82) is 0 Å². The molecule has 12 heavy (non-hydrogen) atoms. The van der Waals surface area contributed by atoms with Gasteiger partial charge in [0.1, 0.15) is 0 Å². The smallest absolute Gasteiger partial charge is 0.168 e. The van der Waals surface area contributed by atoms with Crippen LogP contribution in [0.3, 0.4) is 0 Å². The molecule has 0 spiro atoms. The van der Waals surface area contributed by atoms with E-state index in [1.54, 1.807) is 0 Å². The minimum Gasteiger partial charge on any atom is -0.376 e. The highest BCUT2D eigenvalue weighted by Gasteiger charge is 1.99. The standard InChI is InChI=1S/C7H6BrIN2S/c8-5-2-1-4(9)3-6(5)11-7(10)12/h1-3H,(H3,10,11,12). The molecule has 3 N–H and O–H groups in total. The molecule has 1 aromatic carbocycles. The van der Waals surface area contributed by atoms with Crippen LogP contribution in [0.25, 0.3) is 0 Å². The lowest BCUT2D eigenvalue weighted by atomic mass is 10.3. The Bertz CT molecular complexity index is 316. The lowest BCUT2D eigenvalue weighted by Crippen LogP contribution is -2.19. The first-order valence-corrected chi connectivity index (χ1v) is 5.39. The minimum atomic E-state index is 0.276. The molecule has 0 aliphatic rings. The van der Waals surface area contributed by atoms with Crippen LogP contribution in [0, 0.1) is 3.57 Å². The Hall–Kier alpha value is 0.120. The van der Waals surface area contributed by atoms with E-state index in [1.807, 2.05) is 18.2 Å². The number of nitrogens with one attached hydrogen (secondary N) is 1. The molecule has 0 saturated heterocycles. The van der Waals surface area contributed by atoms with Crippen molar-refractivity contribution in [3.05, 3.63) is 26.2 Å². The van der Waals surface area contributed by atoms with Gasteiger partial charge in [-0.2, -0.15) is 0 Å². The van der Waals surface area contributed by atoms with Crippen LogP contribution in [0.15, 0.2) is 22.7 Å². The summed E-state index contributed by atoms with van der Waals surface area (Å²) >= 11 is 10.3. The summed E-state index contributed by atoms with van der Waals surface area (Å²) < 4.78 is 2.09. The van der Waals surface area contributed by atoms with E-state index in [2.05, 4.69) is 43.8 Å². The van der Waals surface area contributed by atoms with Crippen LogP contribution in [-0.4, -0.2) is 5.11 Å². The van der Waals surface area contributed by atoms with Crippen molar-refractivity contribution < 1.29 is 0 Å². The van der Waals surface area contributed by atoms with Gasteiger partial charge in [0.25, 0.3) is 0 Å². The molecular weight excluding hydrogens is 351 g/mol. The molecule has 0 fully saturated rings. The lowest BCUT2D eigenvalue weighted by molar-refractivity contribution is 1.54. The Kier molecular flexibility index (Phi) is 3.73. The molecule has 0 atom stereocenters. The van der Waals surface area contributed by atoms with Gasteiger partial charge in [-0.1, -0.05) is 0 Å². The largest absolute Gasteiger partial charge is 0.376 e. The monoisotopic (exact) mass is 356 g/mol. The molecule has 0 aliphatic carbocycles. The Morgan fingerprint density at radius 2 is 2.25 bits per heavy atom. The summed E-state index contributed by atoms with van der Waals surface area (Å²) in [5.41, 5.74) is 6.24. The molecule has 0 heterocycles. The summed E-state index contributed by atoms with van der Waals surface area (Å²) in [5.74, 6) is 0. The molecule has 0 unspecified atom stereocenters. The fourth-order valence-corrected chi connectivity index (χ4v) is 1.67. The third-order valence-electron chi connectivity index (χ3n) is 1.19. The molecule has 0 radical (unpaired) electrons. The fraction of sp³-hybridized carbons (Fsp3) is 0. The molecule has 0 aliphatic heterocycles. The predicted molar refractivity (Wildman–Crippen MR) is 67.3 cm³/mol. The molecule has 0 aromatic heterocycles. The number of hydrogen-bond donors (Lipinski definition) is 2. The topological polar surface area (TPSA) is 38.0 Å². The van der Waals surface area contributed by atoms with E-state index in [0.717, 1.165) is 13.7 Å². The summed E-state index contributed by atoms with van der Waals surface area (Å²) in [6.07, 6.45) is 0. The number of thiocarbonyl (C=S) groups is 1. The van der Waals surface area contributed by atoms with E-state index < -0.39 is 0 Å². The highest BCUT2D eigenvalue weighted by molar-refractivity contribution is 14.1. The maximum Gasteiger partial charge on any atom is 0.168 e. The summed E-state index contributed by atoms with van der Waals surface area (Å²) in [6.45, 7) is 0. The molecule has 0 bridgehead atoms. The number of nitrogens with two attached hydrogens (primary N) is 1. The van der Waals surface area contributed by atoms with Crippen LogP contribution < -0.4 is 11.1 Å². The first-order valence-electron chi connectivity index (χ1n) is 3.11. The van der Waals surface area contributed by atoms with Crippen molar-refractivity contribution in [2.45, 2.75) is 0 Å². The van der Waals surface area contributed by atoms with Gasteiger partial charge in [0.2, 0.25) is 0 Å². The van der Waals surface area contributed by atoms with Gasteiger partial charge in [0.15, 0.2) is 5.11 Å². The highest BCUT2D eigenvalue weighted by Crippen LogP contribution is 2.23. The third kappa shape index (κ3) is 2.87. The first kappa shape index (κ1) is 10.2. The van der Waals surface area contributed by atoms with Gasteiger partial charge in [0.05, 0.1) is 5.69 Å². The number of benzene rings is 1. The van der Waals surface area contributed by atoms with E-state index in [9.17, 15) is 0 Å². The second kappa shape index (κ2) is 4.38. The summed E-state index contributed by atoms with van der Waals surface area (Å²) in [5, 5.41) is 3.15. The molecule has 5 heteroatoms. The Balaban J connectivity index is 2.97. The number of hydrogen-bond acceptors (Lipinski definition) is 1. The molecule has 1 aromatic rings. The molecule has 1 rings (SSSR count). The van der Waals surface area contributed by atoms with Crippen molar-refractivity contribution in [3.63, 3.8) is 0 Å². The summed E-state index contributed by atoms with van der Waals surface area (Å²) in [6, 6.07) is 5.90. The van der Waals surface area contributed by atoms with Gasteiger partial charge >= 0.3 is 0 Å². The van der Waals surface area contributed by atoms with Crippen molar-refractivity contribution in [2.24, 2.45) is 5.73 Å². The summed E-state index contributed by atoms with van der Waals surface area (Å²) in [7, 11) is 0. The molecule has 0 amide bonds. The van der Waals surface area contributed by atoms with Gasteiger partial charge < -0.3 is 11.1 Å². The normalized spacial score (nSPS) is 9.50. The molecule has 0 saturated carbocycles. The molecule has 2 nitrogen and oxygen atoms in total. The van der Waals surface area contributed by atoms with Gasteiger partial charge in [-0.3, -0.25) is 0 Å². The van der Waals surface area contributed by atoms with Crippen LogP contribution in [0.1, 0.15) is 0 Å². The second-order valence-electron chi connectivity index (χ2n) is 2.11. The van der Waals surface area contributed by atoms with E-state index >= 15 is 0 Å². The van der Waals surface area contributed by atoms with Crippen molar-refractivity contribution in [1.82, 2.24) is 0 Å². The zero-order valence-corrected chi connectivity index (χ0v) is 10.5. The molecule has 64 valence electrons. The average Bonchev–Trinajstić information content (AvgIpc) is 1.96. The highest BCUT2D eigenvalue weighted by atomic mass is 127. The van der Waals surface area contributed by atoms with Crippen LogP contribution in [-0.2, 0) is 0 Å². The number of halogens is 2. The maximum absolute atomic E-state index is 5.34. The minimum absolute atomic E-state index is 0.276. The maximum atomic E-state index is 5.34. The van der Waals surface area contributed by atoms with E-state index in [4.69, 9.17) is 18.0 Å². The van der Waals surface area contributed by atoms with Gasteiger partial charge in [-0.25, -0.2) is 0 Å². The van der Waals surface area contributed by atoms with E-state index in [1.165, 1.54) is 0 Å².